The second-order valence-electron chi connectivity index (χ2n) is 5.01. The van der Waals surface area contributed by atoms with E-state index < -0.39 is 0 Å². The zero-order chi connectivity index (χ0) is 13.8. The average molecular weight is 279 g/mol. The van der Waals surface area contributed by atoms with Gasteiger partial charge in [-0.3, -0.25) is 4.79 Å². The number of carbonyl (C=O) groups is 1. The minimum absolute atomic E-state index is 0.0689. The highest BCUT2D eigenvalue weighted by atomic mass is 32.2. The normalized spacial score (nSPS) is 22.4. The number of carbonyl (C=O) groups excluding carboxylic acids is 1. The van der Waals surface area contributed by atoms with E-state index in [9.17, 15) is 9.90 Å². The summed E-state index contributed by atoms with van der Waals surface area (Å²) in [5.74, 6) is 1.25. The molecule has 2 N–H and O–H groups in total. The van der Waals surface area contributed by atoms with Crippen molar-refractivity contribution in [2.75, 3.05) is 5.75 Å². The summed E-state index contributed by atoms with van der Waals surface area (Å²) in [6.45, 7) is 3.95. The molecule has 0 bridgehead atoms. The Morgan fingerprint density at radius 1 is 1.47 bits per heavy atom. The number of nitrogens with one attached hydrogen (secondary N) is 1. The molecule has 2 rings (SSSR count). The van der Waals surface area contributed by atoms with Crippen LogP contribution in [0.15, 0.2) is 18.2 Å². The van der Waals surface area contributed by atoms with E-state index in [-0.39, 0.29) is 17.7 Å². The standard InChI is InChI=1S/C15H21NO2S/c1-3-19-12-8-7-11(9-12)16-15(18)13-5-4-6-14(17)10(13)2/h4-6,11-12,17H,3,7-9H2,1-2H3,(H,16,18). The maximum Gasteiger partial charge on any atom is 0.251 e. The Balaban J connectivity index is 1.97. The molecule has 0 saturated heterocycles. The lowest BCUT2D eigenvalue weighted by atomic mass is 10.1. The first-order valence-corrected chi connectivity index (χ1v) is 7.87. The molecule has 3 nitrogen and oxygen atoms in total. The molecular formula is C15H21NO2S. The lowest BCUT2D eigenvalue weighted by molar-refractivity contribution is 0.0937. The van der Waals surface area contributed by atoms with Crippen molar-refractivity contribution in [3.63, 3.8) is 0 Å². The molecule has 19 heavy (non-hydrogen) atoms. The topological polar surface area (TPSA) is 49.3 Å². The Labute approximate surface area is 118 Å². The Kier molecular flexibility index (Phi) is 4.75. The fourth-order valence-electron chi connectivity index (χ4n) is 2.59. The summed E-state index contributed by atoms with van der Waals surface area (Å²) >= 11 is 1.98. The summed E-state index contributed by atoms with van der Waals surface area (Å²) in [5.41, 5.74) is 1.23. The van der Waals surface area contributed by atoms with Crippen LogP contribution in [-0.2, 0) is 0 Å². The number of rotatable bonds is 4. The Morgan fingerprint density at radius 2 is 2.26 bits per heavy atom. The molecular weight excluding hydrogens is 258 g/mol. The molecule has 1 aromatic carbocycles. The van der Waals surface area contributed by atoms with E-state index in [1.807, 2.05) is 11.8 Å². The van der Waals surface area contributed by atoms with Crippen molar-refractivity contribution in [2.45, 2.75) is 44.4 Å². The Hall–Kier alpha value is -1.16. The molecule has 1 aromatic rings. The SMILES string of the molecule is CCSC1CCC(NC(=O)c2cccc(O)c2C)C1. The number of aromatic hydroxyl groups is 1. The molecule has 0 heterocycles. The predicted molar refractivity (Wildman–Crippen MR) is 79.9 cm³/mol. The van der Waals surface area contributed by atoms with Crippen molar-refractivity contribution in [2.24, 2.45) is 0 Å². The van der Waals surface area contributed by atoms with Gasteiger partial charge in [0.05, 0.1) is 0 Å². The molecule has 1 fully saturated rings. The van der Waals surface area contributed by atoms with Crippen LogP contribution in [0.4, 0.5) is 0 Å². The van der Waals surface area contributed by atoms with Gasteiger partial charge in [-0.25, -0.2) is 0 Å². The van der Waals surface area contributed by atoms with Gasteiger partial charge in [0.25, 0.3) is 5.91 Å². The lowest BCUT2D eigenvalue weighted by Gasteiger charge is -2.14. The van der Waals surface area contributed by atoms with E-state index in [1.165, 1.54) is 6.42 Å². The number of amides is 1. The number of phenols is 1. The maximum atomic E-state index is 12.2. The molecule has 0 spiro atoms. The molecule has 1 amide bonds. The van der Waals surface area contributed by atoms with Gasteiger partial charge >= 0.3 is 0 Å². The molecule has 1 aliphatic rings. The molecule has 0 aliphatic heterocycles. The Morgan fingerprint density at radius 3 is 3.00 bits per heavy atom. The highest BCUT2D eigenvalue weighted by molar-refractivity contribution is 7.99. The minimum atomic E-state index is -0.0689. The molecule has 4 heteroatoms. The predicted octanol–water partition coefficient (Wildman–Crippen LogP) is 3.10. The summed E-state index contributed by atoms with van der Waals surface area (Å²) in [6.07, 6.45) is 3.30. The van der Waals surface area contributed by atoms with E-state index >= 15 is 0 Å². The van der Waals surface area contributed by atoms with Crippen LogP contribution in [0.3, 0.4) is 0 Å². The van der Waals surface area contributed by atoms with Gasteiger partial charge in [0.15, 0.2) is 0 Å². The third-order valence-corrected chi connectivity index (χ3v) is 4.90. The Bertz CT molecular complexity index is 461. The minimum Gasteiger partial charge on any atom is -0.508 e. The first-order chi connectivity index (χ1) is 9.11. The van der Waals surface area contributed by atoms with Crippen LogP contribution in [0.1, 0.15) is 42.1 Å². The van der Waals surface area contributed by atoms with Gasteiger partial charge in [0.2, 0.25) is 0 Å². The first-order valence-electron chi connectivity index (χ1n) is 6.82. The highest BCUT2D eigenvalue weighted by Gasteiger charge is 2.26. The van der Waals surface area contributed by atoms with Gasteiger partial charge in [0.1, 0.15) is 5.75 Å². The third kappa shape index (κ3) is 3.44. The number of hydrogen-bond acceptors (Lipinski definition) is 3. The molecule has 2 unspecified atom stereocenters. The van der Waals surface area contributed by atoms with Gasteiger partial charge in [-0.2, -0.15) is 11.8 Å². The van der Waals surface area contributed by atoms with Gasteiger partial charge in [-0.1, -0.05) is 13.0 Å². The monoisotopic (exact) mass is 279 g/mol. The van der Waals surface area contributed by atoms with Crippen molar-refractivity contribution < 1.29 is 9.90 Å². The van der Waals surface area contributed by atoms with Crippen molar-refractivity contribution in [3.05, 3.63) is 29.3 Å². The molecule has 0 aromatic heterocycles. The summed E-state index contributed by atoms with van der Waals surface area (Å²) in [5, 5.41) is 13.4. The van der Waals surface area contributed by atoms with E-state index in [2.05, 4.69) is 12.2 Å². The van der Waals surface area contributed by atoms with Crippen LogP contribution in [0.5, 0.6) is 5.75 Å². The summed E-state index contributed by atoms with van der Waals surface area (Å²) in [6, 6.07) is 5.35. The fraction of sp³-hybridized carbons (Fsp3) is 0.533. The largest absolute Gasteiger partial charge is 0.508 e. The van der Waals surface area contributed by atoms with Gasteiger partial charge in [0, 0.05) is 22.4 Å². The number of phenolic OH excluding ortho intramolecular Hbond substituents is 1. The van der Waals surface area contributed by atoms with Crippen LogP contribution in [0.2, 0.25) is 0 Å². The smallest absolute Gasteiger partial charge is 0.251 e. The van der Waals surface area contributed by atoms with Crippen molar-refractivity contribution >= 4 is 17.7 Å². The number of benzene rings is 1. The molecule has 0 radical (unpaired) electrons. The second-order valence-corrected chi connectivity index (χ2v) is 6.59. The third-order valence-electron chi connectivity index (χ3n) is 3.67. The summed E-state index contributed by atoms with van der Waals surface area (Å²) in [4.78, 5) is 12.2. The zero-order valence-electron chi connectivity index (χ0n) is 11.5. The van der Waals surface area contributed by atoms with Crippen LogP contribution in [-0.4, -0.2) is 28.1 Å². The molecule has 2 atom stereocenters. The summed E-state index contributed by atoms with van der Waals surface area (Å²) in [7, 11) is 0. The highest BCUT2D eigenvalue weighted by Crippen LogP contribution is 2.30. The molecule has 1 aliphatic carbocycles. The van der Waals surface area contributed by atoms with Crippen molar-refractivity contribution in [1.82, 2.24) is 5.32 Å². The van der Waals surface area contributed by atoms with E-state index in [0.717, 1.165) is 18.6 Å². The van der Waals surface area contributed by atoms with Crippen molar-refractivity contribution in [3.8, 4) is 5.75 Å². The second kappa shape index (κ2) is 6.33. The van der Waals surface area contributed by atoms with Gasteiger partial charge < -0.3 is 10.4 Å². The van der Waals surface area contributed by atoms with Crippen LogP contribution in [0, 0.1) is 6.92 Å². The first kappa shape index (κ1) is 14.3. The van der Waals surface area contributed by atoms with Gasteiger partial charge in [-0.15, -0.1) is 0 Å². The lowest BCUT2D eigenvalue weighted by Crippen LogP contribution is -2.33. The van der Waals surface area contributed by atoms with Crippen LogP contribution in [0.25, 0.3) is 0 Å². The van der Waals surface area contributed by atoms with Gasteiger partial charge in [-0.05, 0) is 44.1 Å². The van der Waals surface area contributed by atoms with Crippen LogP contribution >= 0.6 is 11.8 Å². The summed E-state index contributed by atoms with van der Waals surface area (Å²) < 4.78 is 0. The maximum absolute atomic E-state index is 12.2. The number of hydrogen-bond donors (Lipinski definition) is 2. The zero-order valence-corrected chi connectivity index (χ0v) is 12.3. The number of thioether (sulfide) groups is 1. The van der Waals surface area contributed by atoms with Crippen LogP contribution < -0.4 is 5.32 Å². The van der Waals surface area contributed by atoms with Crippen molar-refractivity contribution in [1.29, 1.82) is 0 Å². The van der Waals surface area contributed by atoms with E-state index in [1.54, 1.807) is 25.1 Å². The fourth-order valence-corrected chi connectivity index (χ4v) is 3.73. The molecule has 104 valence electrons. The van der Waals surface area contributed by atoms with E-state index in [4.69, 9.17) is 0 Å². The average Bonchev–Trinajstić information content (AvgIpc) is 2.80. The molecule has 1 saturated carbocycles. The van der Waals surface area contributed by atoms with E-state index in [0.29, 0.717) is 16.4 Å². The quantitative estimate of drug-likeness (QED) is 0.890.